The summed E-state index contributed by atoms with van der Waals surface area (Å²) in [5.41, 5.74) is 0. The van der Waals surface area contributed by atoms with Crippen LogP contribution in [0.1, 0.15) is 25.7 Å². The van der Waals surface area contributed by atoms with Gasteiger partial charge < -0.3 is 30.1 Å². The zero-order chi connectivity index (χ0) is 14.9. The quantitative estimate of drug-likeness (QED) is 0.399. The third-order valence-corrected chi connectivity index (χ3v) is 3.08. The molecule has 114 valence electrons. The first-order valence-electron chi connectivity index (χ1n) is 6.13. The Morgan fingerprint density at radius 1 is 0.700 bits per heavy atom. The smallest absolute Gasteiger partial charge is 0.375 e. The standard InChI is InChI=1S/C10H16N2O8/c13-5-1-2-6(14)11(5)19-9(17)10(18)20-12-7(15)3-4-8(12)16/h5-8,13-16H,1-4H2. The molecule has 2 heterocycles. The first kappa shape index (κ1) is 15.1. The lowest BCUT2D eigenvalue weighted by atomic mass is 10.3. The van der Waals surface area contributed by atoms with Gasteiger partial charge in [-0.15, -0.1) is 0 Å². The maximum Gasteiger partial charge on any atom is 0.438 e. The van der Waals surface area contributed by atoms with E-state index in [2.05, 4.69) is 9.68 Å². The van der Waals surface area contributed by atoms with Gasteiger partial charge in [0.15, 0.2) is 0 Å². The van der Waals surface area contributed by atoms with Crippen molar-refractivity contribution in [1.82, 2.24) is 10.1 Å². The van der Waals surface area contributed by atoms with Gasteiger partial charge in [0.25, 0.3) is 0 Å². The van der Waals surface area contributed by atoms with Crippen molar-refractivity contribution in [2.24, 2.45) is 0 Å². The van der Waals surface area contributed by atoms with Crippen LogP contribution in [0.15, 0.2) is 0 Å². The number of nitrogens with zero attached hydrogens (tertiary/aromatic N) is 2. The normalized spacial score (nSPS) is 35.2. The fourth-order valence-electron chi connectivity index (χ4n) is 2.01. The fraction of sp³-hybridized carbons (Fsp3) is 0.800. The molecule has 0 aliphatic carbocycles. The number of carbonyl (C=O) groups is 2. The van der Waals surface area contributed by atoms with Crippen molar-refractivity contribution in [3.8, 4) is 0 Å². The van der Waals surface area contributed by atoms with Crippen LogP contribution in [0, 0.1) is 0 Å². The van der Waals surface area contributed by atoms with Crippen molar-refractivity contribution in [2.75, 3.05) is 0 Å². The molecule has 0 radical (unpaired) electrons. The fourth-order valence-corrected chi connectivity index (χ4v) is 2.01. The molecule has 0 aromatic carbocycles. The van der Waals surface area contributed by atoms with Crippen LogP contribution in [0.2, 0.25) is 0 Å². The molecule has 0 aromatic heterocycles. The van der Waals surface area contributed by atoms with E-state index in [9.17, 15) is 30.0 Å². The van der Waals surface area contributed by atoms with Crippen LogP contribution in [0.4, 0.5) is 0 Å². The topological polar surface area (TPSA) is 140 Å². The molecule has 0 bridgehead atoms. The average Bonchev–Trinajstić information content (AvgIpc) is 2.88. The van der Waals surface area contributed by atoms with Crippen molar-refractivity contribution in [3.63, 3.8) is 0 Å². The van der Waals surface area contributed by atoms with Crippen molar-refractivity contribution >= 4 is 11.9 Å². The SMILES string of the molecule is O=C(ON1C(O)CCC1O)C(=O)ON1C(O)CCC1O. The van der Waals surface area contributed by atoms with Gasteiger partial charge in [-0.1, -0.05) is 10.1 Å². The van der Waals surface area contributed by atoms with Crippen molar-refractivity contribution in [1.29, 1.82) is 0 Å². The summed E-state index contributed by atoms with van der Waals surface area (Å²) in [7, 11) is 0. The first-order chi connectivity index (χ1) is 9.40. The van der Waals surface area contributed by atoms with Gasteiger partial charge in [0, 0.05) is 0 Å². The summed E-state index contributed by atoms with van der Waals surface area (Å²) in [6.45, 7) is 0. The predicted molar refractivity (Wildman–Crippen MR) is 58.4 cm³/mol. The van der Waals surface area contributed by atoms with Crippen LogP contribution < -0.4 is 0 Å². The van der Waals surface area contributed by atoms with Gasteiger partial charge in [-0.25, -0.2) is 9.59 Å². The molecule has 4 N–H and O–H groups in total. The minimum Gasteiger partial charge on any atom is -0.375 e. The number of hydrogen-bond acceptors (Lipinski definition) is 10. The highest BCUT2D eigenvalue weighted by atomic mass is 16.8. The van der Waals surface area contributed by atoms with Gasteiger partial charge in [-0.05, 0) is 25.7 Å². The highest BCUT2D eigenvalue weighted by molar-refractivity contribution is 6.29. The molecule has 10 nitrogen and oxygen atoms in total. The van der Waals surface area contributed by atoms with E-state index in [1.54, 1.807) is 0 Å². The van der Waals surface area contributed by atoms with E-state index in [1.165, 1.54) is 0 Å². The van der Waals surface area contributed by atoms with Gasteiger partial charge in [0.05, 0.1) is 0 Å². The number of carbonyl (C=O) groups excluding carboxylic acids is 2. The van der Waals surface area contributed by atoms with Crippen LogP contribution in [-0.4, -0.2) is 67.4 Å². The third-order valence-electron chi connectivity index (χ3n) is 3.08. The van der Waals surface area contributed by atoms with E-state index in [4.69, 9.17) is 0 Å². The van der Waals surface area contributed by atoms with Gasteiger partial charge >= 0.3 is 11.9 Å². The highest BCUT2D eigenvalue weighted by Gasteiger charge is 2.39. The monoisotopic (exact) mass is 292 g/mol. The second-order valence-electron chi connectivity index (χ2n) is 4.55. The van der Waals surface area contributed by atoms with E-state index in [1.807, 2.05) is 0 Å². The van der Waals surface area contributed by atoms with Crippen LogP contribution in [-0.2, 0) is 19.3 Å². The molecule has 2 aliphatic rings. The summed E-state index contributed by atoms with van der Waals surface area (Å²) in [5.74, 6) is -2.95. The number of hydrogen-bond donors (Lipinski definition) is 4. The van der Waals surface area contributed by atoms with Gasteiger partial charge in [0.2, 0.25) is 0 Å². The molecule has 2 aliphatic heterocycles. The average molecular weight is 292 g/mol. The summed E-state index contributed by atoms with van der Waals surface area (Å²) in [6.07, 6.45) is -4.07. The summed E-state index contributed by atoms with van der Waals surface area (Å²) in [4.78, 5) is 31.9. The predicted octanol–water partition coefficient (Wildman–Crippen LogP) is -2.63. The largest absolute Gasteiger partial charge is 0.438 e. The Labute approximate surface area is 113 Å². The first-order valence-corrected chi connectivity index (χ1v) is 6.13. The van der Waals surface area contributed by atoms with Crippen molar-refractivity contribution in [3.05, 3.63) is 0 Å². The third kappa shape index (κ3) is 3.06. The minimum absolute atomic E-state index is 0.188. The summed E-state index contributed by atoms with van der Waals surface area (Å²) >= 11 is 0. The van der Waals surface area contributed by atoms with Crippen LogP contribution in [0.25, 0.3) is 0 Å². The molecule has 0 aromatic rings. The summed E-state index contributed by atoms with van der Waals surface area (Å²) in [5, 5.41) is 38.8. The van der Waals surface area contributed by atoms with Crippen molar-refractivity contribution < 1.29 is 39.7 Å². The lowest BCUT2D eigenvalue weighted by Crippen LogP contribution is -2.43. The molecule has 4 unspecified atom stereocenters. The molecule has 20 heavy (non-hydrogen) atoms. The molecule has 0 saturated carbocycles. The zero-order valence-electron chi connectivity index (χ0n) is 10.5. The summed E-state index contributed by atoms with van der Waals surface area (Å²) < 4.78 is 0. The Morgan fingerprint density at radius 3 is 1.20 bits per heavy atom. The molecule has 10 heteroatoms. The second kappa shape index (κ2) is 5.99. The Morgan fingerprint density at radius 2 is 0.950 bits per heavy atom. The molecule has 2 saturated heterocycles. The Bertz CT molecular complexity index is 335. The number of hydroxylamine groups is 4. The molecule has 0 spiro atoms. The number of aliphatic hydroxyl groups is 4. The molecule has 4 atom stereocenters. The molecule has 2 fully saturated rings. The lowest BCUT2D eigenvalue weighted by molar-refractivity contribution is -0.280. The van der Waals surface area contributed by atoms with E-state index in [0.717, 1.165) is 0 Å². The number of rotatable bonds is 2. The second-order valence-corrected chi connectivity index (χ2v) is 4.55. The molecular weight excluding hydrogens is 276 g/mol. The van der Waals surface area contributed by atoms with Gasteiger partial charge in [0.1, 0.15) is 24.9 Å². The Hall–Kier alpha value is -1.30. The van der Waals surface area contributed by atoms with Crippen LogP contribution >= 0.6 is 0 Å². The van der Waals surface area contributed by atoms with E-state index >= 15 is 0 Å². The Balaban J connectivity index is 1.87. The molecule has 2 rings (SSSR count). The summed E-state index contributed by atoms with van der Waals surface area (Å²) in [6, 6.07) is 0. The van der Waals surface area contributed by atoms with E-state index in [0.29, 0.717) is 10.1 Å². The van der Waals surface area contributed by atoms with E-state index < -0.39 is 36.9 Å². The lowest BCUT2D eigenvalue weighted by Gasteiger charge is -2.23. The van der Waals surface area contributed by atoms with Crippen LogP contribution in [0.3, 0.4) is 0 Å². The maximum absolute atomic E-state index is 11.4. The maximum atomic E-state index is 11.4. The van der Waals surface area contributed by atoms with Gasteiger partial charge in [-0.3, -0.25) is 0 Å². The molecule has 0 amide bonds. The zero-order valence-corrected chi connectivity index (χ0v) is 10.5. The minimum atomic E-state index is -1.48. The molecular formula is C10H16N2O8. The van der Waals surface area contributed by atoms with Crippen molar-refractivity contribution in [2.45, 2.75) is 50.6 Å². The van der Waals surface area contributed by atoms with Crippen LogP contribution in [0.5, 0.6) is 0 Å². The number of aliphatic hydroxyl groups excluding tert-OH is 4. The van der Waals surface area contributed by atoms with E-state index in [-0.39, 0.29) is 25.7 Å². The highest BCUT2D eigenvalue weighted by Crippen LogP contribution is 2.22. The van der Waals surface area contributed by atoms with Gasteiger partial charge in [-0.2, -0.15) is 0 Å². The Kier molecular flexibility index (Phi) is 4.52.